The molecule has 0 aromatic heterocycles. The SMILES string of the molecule is CC(=O)NC12CC3(Br)C[C@@](C)(C1)C[C@](C)(C3)C2. The Labute approximate surface area is 112 Å². The third kappa shape index (κ3) is 1.85. The Morgan fingerprint density at radius 1 is 1.00 bits per heavy atom. The van der Waals surface area contributed by atoms with E-state index in [-0.39, 0.29) is 15.8 Å². The molecule has 4 bridgehead atoms. The molecule has 17 heavy (non-hydrogen) atoms. The van der Waals surface area contributed by atoms with Crippen molar-refractivity contribution in [2.75, 3.05) is 0 Å². The molecule has 1 N–H and O–H groups in total. The maximum Gasteiger partial charge on any atom is 0.217 e. The minimum Gasteiger partial charge on any atom is -0.351 e. The van der Waals surface area contributed by atoms with E-state index in [1.165, 1.54) is 32.1 Å². The number of carbonyl (C=O) groups is 1. The fourth-order valence-electron chi connectivity index (χ4n) is 6.06. The second-order valence-electron chi connectivity index (χ2n) is 7.79. The Bertz CT molecular complexity index is 338. The van der Waals surface area contributed by atoms with Gasteiger partial charge in [0.15, 0.2) is 0 Å². The second kappa shape index (κ2) is 3.09. The molecule has 4 atom stereocenters. The van der Waals surface area contributed by atoms with E-state index in [1.54, 1.807) is 6.92 Å². The molecule has 4 fully saturated rings. The summed E-state index contributed by atoms with van der Waals surface area (Å²) in [6.07, 6.45) is 7.33. The van der Waals surface area contributed by atoms with Crippen LogP contribution in [0.2, 0.25) is 0 Å². The van der Waals surface area contributed by atoms with E-state index >= 15 is 0 Å². The highest BCUT2D eigenvalue weighted by Gasteiger charge is 2.65. The fourth-order valence-corrected chi connectivity index (χ4v) is 7.95. The van der Waals surface area contributed by atoms with E-state index in [9.17, 15) is 4.79 Å². The van der Waals surface area contributed by atoms with Gasteiger partial charge in [-0.15, -0.1) is 0 Å². The van der Waals surface area contributed by atoms with Gasteiger partial charge in [0.1, 0.15) is 0 Å². The molecule has 4 aliphatic rings. The van der Waals surface area contributed by atoms with Crippen LogP contribution in [0.25, 0.3) is 0 Å². The summed E-state index contributed by atoms with van der Waals surface area (Å²) in [5.41, 5.74) is 0.887. The van der Waals surface area contributed by atoms with Gasteiger partial charge < -0.3 is 5.32 Å². The van der Waals surface area contributed by atoms with Crippen molar-refractivity contribution in [3.63, 3.8) is 0 Å². The molecule has 0 aromatic rings. The maximum atomic E-state index is 11.5. The van der Waals surface area contributed by atoms with Crippen molar-refractivity contribution in [1.82, 2.24) is 5.32 Å². The first-order valence-corrected chi connectivity index (χ1v) is 7.43. The summed E-state index contributed by atoms with van der Waals surface area (Å²) in [7, 11) is 0. The van der Waals surface area contributed by atoms with Gasteiger partial charge in [-0.2, -0.15) is 0 Å². The minimum atomic E-state index is 0.0631. The highest BCUT2D eigenvalue weighted by Crippen LogP contribution is 2.69. The molecule has 2 unspecified atom stereocenters. The molecular formula is C14H22BrNO. The molecule has 0 heterocycles. The van der Waals surface area contributed by atoms with Crippen molar-refractivity contribution >= 4 is 21.8 Å². The Kier molecular flexibility index (Phi) is 2.18. The van der Waals surface area contributed by atoms with Crippen molar-refractivity contribution in [2.45, 2.75) is 69.2 Å². The van der Waals surface area contributed by atoms with Gasteiger partial charge in [-0.05, 0) is 49.4 Å². The molecule has 4 saturated carbocycles. The van der Waals surface area contributed by atoms with Crippen molar-refractivity contribution in [1.29, 1.82) is 0 Å². The van der Waals surface area contributed by atoms with E-state index in [0.29, 0.717) is 10.8 Å². The quantitative estimate of drug-likeness (QED) is 0.739. The predicted molar refractivity (Wildman–Crippen MR) is 72.1 cm³/mol. The normalized spacial score (nSPS) is 56.0. The lowest BCUT2D eigenvalue weighted by atomic mass is 9.42. The molecular weight excluding hydrogens is 278 g/mol. The molecule has 3 heteroatoms. The summed E-state index contributed by atoms with van der Waals surface area (Å²) < 4.78 is 0.272. The second-order valence-corrected chi connectivity index (χ2v) is 9.48. The average Bonchev–Trinajstić information content (AvgIpc) is 1.87. The molecule has 2 nitrogen and oxygen atoms in total. The van der Waals surface area contributed by atoms with Crippen LogP contribution in [0.3, 0.4) is 0 Å². The number of rotatable bonds is 1. The highest BCUT2D eigenvalue weighted by atomic mass is 79.9. The Hall–Kier alpha value is -0.0500. The van der Waals surface area contributed by atoms with Crippen LogP contribution in [-0.2, 0) is 4.79 Å². The van der Waals surface area contributed by atoms with E-state index in [1.807, 2.05) is 0 Å². The molecule has 0 aromatic carbocycles. The maximum absolute atomic E-state index is 11.5. The smallest absolute Gasteiger partial charge is 0.217 e. The summed E-state index contributed by atoms with van der Waals surface area (Å²) in [4.78, 5) is 11.5. The van der Waals surface area contributed by atoms with Gasteiger partial charge >= 0.3 is 0 Å². The molecule has 0 radical (unpaired) electrons. The van der Waals surface area contributed by atoms with Crippen LogP contribution in [0.5, 0.6) is 0 Å². The summed E-state index contributed by atoms with van der Waals surface area (Å²) in [5.74, 6) is 0.134. The number of carbonyl (C=O) groups excluding carboxylic acids is 1. The van der Waals surface area contributed by atoms with Crippen molar-refractivity contribution in [3.8, 4) is 0 Å². The molecule has 0 spiro atoms. The zero-order chi connectivity index (χ0) is 12.5. The lowest BCUT2D eigenvalue weighted by molar-refractivity contribution is -0.133. The molecule has 0 aliphatic heterocycles. The Morgan fingerprint density at radius 2 is 1.53 bits per heavy atom. The first-order valence-electron chi connectivity index (χ1n) is 6.64. The molecule has 0 saturated heterocycles. The van der Waals surface area contributed by atoms with Crippen LogP contribution in [-0.4, -0.2) is 15.8 Å². The number of nitrogens with one attached hydrogen (secondary N) is 1. The monoisotopic (exact) mass is 299 g/mol. The topological polar surface area (TPSA) is 29.1 Å². The van der Waals surface area contributed by atoms with E-state index in [4.69, 9.17) is 0 Å². The summed E-state index contributed by atoms with van der Waals surface area (Å²) in [6, 6.07) is 0. The van der Waals surface area contributed by atoms with Gasteiger partial charge in [0.25, 0.3) is 0 Å². The number of alkyl halides is 1. The van der Waals surface area contributed by atoms with Crippen LogP contribution in [0.4, 0.5) is 0 Å². The van der Waals surface area contributed by atoms with Crippen molar-refractivity contribution < 1.29 is 4.79 Å². The Morgan fingerprint density at radius 3 is 1.94 bits per heavy atom. The van der Waals surface area contributed by atoms with Crippen LogP contribution < -0.4 is 5.32 Å². The van der Waals surface area contributed by atoms with Gasteiger partial charge in [-0.1, -0.05) is 29.8 Å². The van der Waals surface area contributed by atoms with Gasteiger partial charge in [-0.3, -0.25) is 4.79 Å². The lowest BCUT2D eigenvalue weighted by Crippen LogP contribution is -2.68. The average molecular weight is 300 g/mol. The zero-order valence-corrected chi connectivity index (χ0v) is 12.6. The van der Waals surface area contributed by atoms with Crippen LogP contribution in [0, 0.1) is 10.8 Å². The molecule has 4 aliphatic carbocycles. The van der Waals surface area contributed by atoms with Crippen LogP contribution in [0.1, 0.15) is 59.3 Å². The van der Waals surface area contributed by atoms with Crippen molar-refractivity contribution in [3.05, 3.63) is 0 Å². The zero-order valence-electron chi connectivity index (χ0n) is 11.0. The van der Waals surface area contributed by atoms with E-state index in [2.05, 4.69) is 35.1 Å². The van der Waals surface area contributed by atoms with E-state index < -0.39 is 0 Å². The lowest BCUT2D eigenvalue weighted by Gasteiger charge is -2.68. The van der Waals surface area contributed by atoms with Crippen molar-refractivity contribution in [2.24, 2.45) is 10.8 Å². The standard InChI is InChI=1S/C14H22BrNO/c1-10(17)16-14-7-11(2)4-12(3,8-14)6-13(15,5-11)9-14/h4-9H2,1-3H3,(H,16,17)/t11-,12+,13?,14?. The largest absolute Gasteiger partial charge is 0.351 e. The van der Waals surface area contributed by atoms with Gasteiger partial charge in [0.2, 0.25) is 5.91 Å². The minimum absolute atomic E-state index is 0.0631. The van der Waals surface area contributed by atoms with Crippen LogP contribution in [0.15, 0.2) is 0 Å². The summed E-state index contributed by atoms with van der Waals surface area (Å²) in [6.45, 7) is 6.48. The third-order valence-electron chi connectivity index (χ3n) is 4.97. The highest BCUT2D eigenvalue weighted by molar-refractivity contribution is 9.10. The predicted octanol–water partition coefficient (Wildman–Crippen LogP) is 3.39. The van der Waals surface area contributed by atoms with Gasteiger partial charge in [0, 0.05) is 16.8 Å². The number of hydrogen-bond donors (Lipinski definition) is 1. The van der Waals surface area contributed by atoms with Gasteiger partial charge in [0.05, 0.1) is 0 Å². The number of halogens is 1. The molecule has 1 amide bonds. The summed E-state index contributed by atoms with van der Waals surface area (Å²) in [5, 5.41) is 3.29. The Balaban J connectivity index is 2.01. The van der Waals surface area contributed by atoms with Gasteiger partial charge in [-0.25, -0.2) is 0 Å². The number of amides is 1. The first-order chi connectivity index (χ1) is 7.66. The van der Waals surface area contributed by atoms with E-state index in [0.717, 1.165) is 6.42 Å². The fraction of sp³-hybridized carbons (Fsp3) is 0.929. The summed E-state index contributed by atoms with van der Waals surface area (Å²) >= 11 is 4.00. The number of hydrogen-bond acceptors (Lipinski definition) is 1. The molecule has 4 rings (SSSR count). The third-order valence-corrected chi connectivity index (χ3v) is 5.81. The molecule has 96 valence electrons. The van der Waals surface area contributed by atoms with Crippen LogP contribution >= 0.6 is 15.9 Å². The first kappa shape index (κ1) is 12.0.